The Bertz CT molecular complexity index is 1420. The van der Waals surface area contributed by atoms with Crippen LogP contribution in [0.15, 0.2) is 48.5 Å². The first kappa shape index (κ1) is 24.5. The van der Waals surface area contributed by atoms with Crippen LogP contribution in [-0.4, -0.2) is 64.9 Å². The molecule has 2 atom stereocenters. The van der Waals surface area contributed by atoms with Crippen molar-refractivity contribution in [3.8, 4) is 5.75 Å². The van der Waals surface area contributed by atoms with Crippen LogP contribution in [0.25, 0.3) is 10.9 Å². The number of nitrogens with one attached hydrogen (secondary N) is 1. The number of pyridine rings is 1. The molecule has 2 fully saturated rings. The van der Waals surface area contributed by atoms with Gasteiger partial charge >= 0.3 is 0 Å². The van der Waals surface area contributed by atoms with E-state index >= 15 is 0 Å². The maximum Gasteiger partial charge on any atom is 0.255 e. The molecular formula is C29H30N4O5. The topological polar surface area (TPSA) is 101 Å². The van der Waals surface area contributed by atoms with Gasteiger partial charge in [-0.25, -0.2) is 0 Å². The molecule has 1 N–H and O–H groups in total. The van der Waals surface area contributed by atoms with Crippen LogP contribution in [0.4, 0.5) is 0 Å². The number of fused-ring (bicyclic) bond motifs is 2. The van der Waals surface area contributed by atoms with Crippen LogP contribution < -0.4 is 10.1 Å². The third-order valence-electron chi connectivity index (χ3n) is 7.54. The van der Waals surface area contributed by atoms with E-state index in [4.69, 9.17) is 9.47 Å². The number of carbonyl (C=O) groups excluding carboxylic acids is 3. The van der Waals surface area contributed by atoms with Gasteiger partial charge in [-0.3, -0.25) is 29.6 Å². The standard InChI is InChI=1S/C29H30N4O5/c1-37-17-21-4-3-19-12-18(2-7-25(19)30-21)14-32-11-10-23(16-32)38-22-5-6-24-20(13-22)15-33(29(24)36)26-8-9-27(34)31-28(26)35/h2-7,12-13,23,26H,8-11,14-17H2,1H3,(H,31,34,35). The molecule has 0 radical (unpaired) electrons. The van der Waals surface area contributed by atoms with Crippen LogP contribution in [0.1, 0.15) is 46.4 Å². The summed E-state index contributed by atoms with van der Waals surface area (Å²) in [7, 11) is 1.67. The Morgan fingerprint density at radius 3 is 2.79 bits per heavy atom. The number of hydrogen-bond acceptors (Lipinski definition) is 7. The lowest BCUT2D eigenvalue weighted by Gasteiger charge is -2.29. The van der Waals surface area contributed by atoms with E-state index in [1.165, 1.54) is 5.56 Å². The highest BCUT2D eigenvalue weighted by Crippen LogP contribution is 2.31. The van der Waals surface area contributed by atoms with E-state index < -0.39 is 11.9 Å². The second-order valence-corrected chi connectivity index (χ2v) is 10.2. The Morgan fingerprint density at radius 1 is 1.05 bits per heavy atom. The number of aromatic nitrogens is 1. The molecule has 0 spiro atoms. The van der Waals surface area contributed by atoms with Gasteiger partial charge in [0.1, 0.15) is 17.9 Å². The normalized spacial score (nSPS) is 21.7. The number of methoxy groups -OCH3 is 1. The van der Waals surface area contributed by atoms with Crippen molar-refractivity contribution >= 4 is 28.6 Å². The summed E-state index contributed by atoms with van der Waals surface area (Å²) in [6.07, 6.45) is 1.59. The molecule has 1 aromatic heterocycles. The first-order valence-corrected chi connectivity index (χ1v) is 13.0. The van der Waals surface area contributed by atoms with E-state index in [2.05, 4.69) is 39.5 Å². The van der Waals surface area contributed by atoms with Gasteiger partial charge in [-0.1, -0.05) is 12.1 Å². The van der Waals surface area contributed by atoms with Gasteiger partial charge in [0.25, 0.3) is 5.91 Å². The van der Waals surface area contributed by atoms with Crippen molar-refractivity contribution in [2.75, 3.05) is 20.2 Å². The van der Waals surface area contributed by atoms with Gasteiger partial charge in [-0.15, -0.1) is 0 Å². The van der Waals surface area contributed by atoms with Crippen LogP contribution in [0.2, 0.25) is 0 Å². The van der Waals surface area contributed by atoms with E-state index in [0.29, 0.717) is 25.1 Å². The number of rotatable bonds is 7. The minimum atomic E-state index is -0.612. The number of piperidine rings is 1. The first-order valence-electron chi connectivity index (χ1n) is 13.0. The van der Waals surface area contributed by atoms with E-state index in [1.807, 2.05) is 18.2 Å². The quantitative estimate of drug-likeness (QED) is 0.484. The number of nitrogens with zero attached hydrogens (tertiary/aromatic N) is 3. The number of imide groups is 1. The Kier molecular flexibility index (Phi) is 6.55. The second-order valence-electron chi connectivity index (χ2n) is 10.2. The van der Waals surface area contributed by atoms with Gasteiger partial charge in [0.15, 0.2) is 0 Å². The largest absolute Gasteiger partial charge is 0.489 e. The van der Waals surface area contributed by atoms with Crippen LogP contribution >= 0.6 is 0 Å². The Morgan fingerprint density at radius 2 is 1.95 bits per heavy atom. The summed E-state index contributed by atoms with van der Waals surface area (Å²) in [5.41, 5.74) is 4.58. The van der Waals surface area contributed by atoms with Gasteiger partial charge in [0.05, 0.1) is 17.8 Å². The highest BCUT2D eigenvalue weighted by atomic mass is 16.5. The van der Waals surface area contributed by atoms with Crippen molar-refractivity contribution in [2.45, 2.75) is 51.1 Å². The molecule has 3 aromatic rings. The van der Waals surface area contributed by atoms with Crippen molar-refractivity contribution in [1.82, 2.24) is 20.1 Å². The zero-order valence-corrected chi connectivity index (χ0v) is 21.3. The molecule has 2 aromatic carbocycles. The molecule has 4 heterocycles. The van der Waals surface area contributed by atoms with Crippen molar-refractivity contribution in [1.29, 1.82) is 0 Å². The highest BCUT2D eigenvalue weighted by molar-refractivity contribution is 6.05. The van der Waals surface area contributed by atoms with E-state index in [9.17, 15) is 14.4 Å². The summed E-state index contributed by atoms with van der Waals surface area (Å²) in [5, 5.41) is 3.46. The summed E-state index contributed by atoms with van der Waals surface area (Å²) in [5.74, 6) is -0.125. The van der Waals surface area contributed by atoms with E-state index in [0.717, 1.165) is 54.0 Å². The lowest BCUT2D eigenvalue weighted by atomic mass is 10.0. The van der Waals surface area contributed by atoms with E-state index in [-0.39, 0.29) is 24.3 Å². The highest BCUT2D eigenvalue weighted by Gasteiger charge is 2.39. The molecule has 196 valence electrons. The summed E-state index contributed by atoms with van der Waals surface area (Å²) >= 11 is 0. The zero-order valence-electron chi connectivity index (χ0n) is 21.3. The van der Waals surface area contributed by atoms with E-state index in [1.54, 1.807) is 18.1 Å². The predicted molar refractivity (Wildman–Crippen MR) is 139 cm³/mol. The lowest BCUT2D eigenvalue weighted by molar-refractivity contribution is -0.136. The molecule has 6 rings (SSSR count). The first-order chi connectivity index (χ1) is 18.5. The zero-order chi connectivity index (χ0) is 26.2. The molecule has 3 amide bonds. The number of amides is 3. The molecule has 9 heteroatoms. The molecule has 3 aliphatic heterocycles. The van der Waals surface area contributed by atoms with Gasteiger partial charge in [-0.2, -0.15) is 0 Å². The predicted octanol–water partition coefficient (Wildman–Crippen LogP) is 2.80. The number of hydrogen-bond donors (Lipinski definition) is 1. The summed E-state index contributed by atoms with van der Waals surface area (Å²) in [6.45, 7) is 3.46. The van der Waals surface area contributed by atoms with Gasteiger partial charge in [0, 0.05) is 50.7 Å². The Labute approximate surface area is 220 Å². The number of ether oxygens (including phenoxy) is 2. The minimum Gasteiger partial charge on any atom is -0.489 e. The summed E-state index contributed by atoms with van der Waals surface area (Å²) in [4.78, 5) is 45.3. The van der Waals surface area contributed by atoms with Crippen LogP contribution in [-0.2, 0) is 34.0 Å². The lowest BCUT2D eigenvalue weighted by Crippen LogP contribution is -2.52. The van der Waals surface area contributed by atoms with Gasteiger partial charge < -0.3 is 14.4 Å². The summed E-state index contributed by atoms with van der Waals surface area (Å²) < 4.78 is 11.5. The summed E-state index contributed by atoms with van der Waals surface area (Å²) in [6, 6.07) is 15.4. The monoisotopic (exact) mass is 514 g/mol. The number of likely N-dealkylation sites (tertiary alicyclic amines) is 1. The maximum absolute atomic E-state index is 12.9. The third kappa shape index (κ3) is 4.87. The molecule has 9 nitrogen and oxygen atoms in total. The molecule has 0 bridgehead atoms. The van der Waals surface area contributed by atoms with Crippen LogP contribution in [0.5, 0.6) is 5.75 Å². The molecule has 0 saturated carbocycles. The average Bonchev–Trinajstić information content (AvgIpc) is 3.47. The molecule has 2 unspecified atom stereocenters. The van der Waals surface area contributed by atoms with Crippen molar-refractivity contribution in [3.05, 3.63) is 70.9 Å². The van der Waals surface area contributed by atoms with Crippen LogP contribution in [0, 0.1) is 0 Å². The third-order valence-corrected chi connectivity index (χ3v) is 7.54. The fourth-order valence-corrected chi connectivity index (χ4v) is 5.66. The number of benzene rings is 2. The molecule has 0 aliphatic carbocycles. The molecule has 2 saturated heterocycles. The Balaban J connectivity index is 1.07. The fourth-order valence-electron chi connectivity index (χ4n) is 5.66. The van der Waals surface area contributed by atoms with Crippen molar-refractivity contribution in [3.63, 3.8) is 0 Å². The minimum absolute atomic E-state index is 0.0649. The Hall–Kier alpha value is -3.82. The SMILES string of the molecule is COCc1ccc2cc(CN3CCC(Oc4ccc5c(c4)CN(C4CCC(=O)NC4=O)C5=O)C3)ccc2n1. The fraction of sp³-hybridized carbons (Fsp3) is 0.379. The molecular weight excluding hydrogens is 484 g/mol. The second kappa shape index (κ2) is 10.2. The van der Waals surface area contributed by atoms with Crippen molar-refractivity contribution in [2.24, 2.45) is 0 Å². The maximum atomic E-state index is 12.9. The van der Waals surface area contributed by atoms with Gasteiger partial charge in [-0.05, 0) is 60.4 Å². The van der Waals surface area contributed by atoms with Gasteiger partial charge in [0.2, 0.25) is 11.8 Å². The average molecular weight is 515 g/mol. The molecule has 3 aliphatic rings. The molecule has 38 heavy (non-hydrogen) atoms. The van der Waals surface area contributed by atoms with Crippen molar-refractivity contribution < 1.29 is 23.9 Å². The van der Waals surface area contributed by atoms with Crippen LogP contribution in [0.3, 0.4) is 0 Å². The smallest absolute Gasteiger partial charge is 0.255 e. The number of carbonyl (C=O) groups is 3.